The van der Waals surface area contributed by atoms with Crippen LogP contribution in [0.5, 0.6) is 11.5 Å². The second kappa shape index (κ2) is 8.48. The molecule has 0 radical (unpaired) electrons. The summed E-state index contributed by atoms with van der Waals surface area (Å²) in [6.45, 7) is 4.04. The molecule has 0 aliphatic carbocycles. The second-order valence-corrected chi connectivity index (χ2v) is 7.42. The topological polar surface area (TPSA) is 60.5 Å². The lowest BCUT2D eigenvalue weighted by Crippen LogP contribution is -2.14. The molecular weight excluding hydrogens is 388 g/mol. The zero-order chi connectivity index (χ0) is 22.0. The summed E-state index contributed by atoms with van der Waals surface area (Å²) < 4.78 is 10.7. The molecule has 1 aromatic heterocycles. The molecule has 5 nitrogen and oxygen atoms in total. The average molecular weight is 412 g/mol. The maximum absolute atomic E-state index is 13.5. The molecule has 4 rings (SSSR count). The first-order valence-electron chi connectivity index (χ1n) is 10.0. The van der Waals surface area contributed by atoms with Gasteiger partial charge in [-0.25, -0.2) is 4.98 Å². The molecule has 156 valence electrons. The van der Waals surface area contributed by atoms with Crippen molar-refractivity contribution in [1.82, 2.24) is 4.98 Å². The molecule has 0 bridgehead atoms. The molecule has 0 saturated carbocycles. The van der Waals surface area contributed by atoms with Crippen LogP contribution in [0.2, 0.25) is 0 Å². The highest BCUT2D eigenvalue weighted by Crippen LogP contribution is 2.32. The van der Waals surface area contributed by atoms with E-state index in [4.69, 9.17) is 14.5 Å². The van der Waals surface area contributed by atoms with Gasteiger partial charge in [0.05, 0.1) is 36.7 Å². The van der Waals surface area contributed by atoms with Crippen molar-refractivity contribution in [2.45, 2.75) is 13.8 Å². The third kappa shape index (κ3) is 4.08. The van der Waals surface area contributed by atoms with Crippen molar-refractivity contribution >= 4 is 22.5 Å². The van der Waals surface area contributed by atoms with Crippen LogP contribution in [-0.4, -0.2) is 25.1 Å². The van der Waals surface area contributed by atoms with Gasteiger partial charge in [0.25, 0.3) is 5.91 Å². The summed E-state index contributed by atoms with van der Waals surface area (Å²) in [6.07, 6.45) is 0. The summed E-state index contributed by atoms with van der Waals surface area (Å²) in [5, 5.41) is 3.81. The van der Waals surface area contributed by atoms with Gasteiger partial charge in [-0.05, 0) is 43.7 Å². The fourth-order valence-electron chi connectivity index (χ4n) is 3.73. The van der Waals surface area contributed by atoms with E-state index in [-0.39, 0.29) is 5.91 Å². The van der Waals surface area contributed by atoms with Gasteiger partial charge in [0.15, 0.2) is 0 Å². The fraction of sp³-hybridized carbons (Fsp3) is 0.154. The van der Waals surface area contributed by atoms with Crippen molar-refractivity contribution in [3.63, 3.8) is 0 Å². The lowest BCUT2D eigenvalue weighted by Gasteiger charge is -2.15. The minimum Gasteiger partial charge on any atom is -0.497 e. The van der Waals surface area contributed by atoms with Gasteiger partial charge in [-0.3, -0.25) is 4.79 Å². The lowest BCUT2D eigenvalue weighted by molar-refractivity contribution is 0.102. The van der Waals surface area contributed by atoms with Crippen molar-refractivity contribution in [1.29, 1.82) is 0 Å². The number of nitrogens with zero attached hydrogens (tertiary/aromatic N) is 1. The number of amides is 1. The minimum atomic E-state index is -0.235. The number of fused-ring (bicyclic) bond motifs is 1. The minimum absolute atomic E-state index is 0.235. The number of ether oxygens (including phenoxy) is 2. The number of methoxy groups -OCH3 is 2. The number of carbonyl (C=O) groups excluding carboxylic acids is 1. The Labute approximate surface area is 181 Å². The Morgan fingerprint density at radius 1 is 0.903 bits per heavy atom. The van der Waals surface area contributed by atoms with Crippen LogP contribution in [0, 0.1) is 13.8 Å². The van der Waals surface area contributed by atoms with E-state index in [9.17, 15) is 4.79 Å². The van der Waals surface area contributed by atoms with E-state index in [1.807, 2.05) is 56.3 Å². The Bertz CT molecular complexity index is 1270. The SMILES string of the molecule is COc1ccc(OC)c(NC(=O)c2cc(-c3ccccc3)nc3c(C)cc(C)cc23)c1. The molecule has 5 heteroatoms. The number of nitrogens with one attached hydrogen (secondary N) is 1. The van der Waals surface area contributed by atoms with Gasteiger partial charge >= 0.3 is 0 Å². The Kier molecular flexibility index (Phi) is 5.58. The van der Waals surface area contributed by atoms with Crippen molar-refractivity contribution in [2.75, 3.05) is 19.5 Å². The molecular formula is C26H24N2O3. The highest BCUT2D eigenvalue weighted by molar-refractivity contribution is 6.14. The van der Waals surface area contributed by atoms with Crippen LogP contribution in [0.1, 0.15) is 21.5 Å². The van der Waals surface area contributed by atoms with E-state index in [1.165, 1.54) is 0 Å². The summed E-state index contributed by atoms with van der Waals surface area (Å²) in [7, 11) is 3.15. The van der Waals surface area contributed by atoms with Crippen LogP contribution in [0.3, 0.4) is 0 Å². The lowest BCUT2D eigenvalue weighted by atomic mass is 9.99. The number of pyridine rings is 1. The number of rotatable bonds is 5. The molecule has 1 N–H and O–H groups in total. The molecule has 1 heterocycles. The Morgan fingerprint density at radius 3 is 2.39 bits per heavy atom. The number of aromatic nitrogens is 1. The van der Waals surface area contributed by atoms with Crippen LogP contribution in [0.25, 0.3) is 22.2 Å². The molecule has 0 aliphatic heterocycles. The Hall–Kier alpha value is -3.86. The van der Waals surface area contributed by atoms with Crippen LogP contribution in [0.15, 0.2) is 66.7 Å². The third-order valence-electron chi connectivity index (χ3n) is 5.22. The standard InChI is InChI=1S/C26H24N2O3/c1-16-12-17(2)25-20(13-16)21(15-22(27-25)18-8-6-5-7-9-18)26(29)28-23-14-19(30-3)10-11-24(23)31-4/h5-15H,1-4H3,(H,28,29). The molecule has 0 spiro atoms. The Balaban J connectivity index is 1.87. The first-order chi connectivity index (χ1) is 15.0. The normalized spacial score (nSPS) is 10.7. The van der Waals surface area contributed by atoms with Crippen LogP contribution in [-0.2, 0) is 0 Å². The van der Waals surface area contributed by atoms with Gasteiger partial charge in [-0.2, -0.15) is 0 Å². The predicted octanol–water partition coefficient (Wildman–Crippen LogP) is 5.79. The summed E-state index contributed by atoms with van der Waals surface area (Å²) in [5.74, 6) is 0.955. The van der Waals surface area contributed by atoms with E-state index >= 15 is 0 Å². The summed E-state index contributed by atoms with van der Waals surface area (Å²) in [5.41, 5.74) is 5.73. The molecule has 0 fully saturated rings. The number of aryl methyl sites for hydroxylation is 2. The first-order valence-corrected chi connectivity index (χ1v) is 10.0. The molecule has 0 aliphatic rings. The predicted molar refractivity (Wildman–Crippen MR) is 124 cm³/mol. The van der Waals surface area contributed by atoms with Gasteiger partial charge in [-0.1, -0.05) is 42.0 Å². The quantitative estimate of drug-likeness (QED) is 0.451. The molecule has 4 aromatic rings. The largest absolute Gasteiger partial charge is 0.497 e. The zero-order valence-corrected chi connectivity index (χ0v) is 18.0. The number of carbonyl (C=O) groups is 1. The molecule has 0 atom stereocenters. The van der Waals surface area contributed by atoms with Gasteiger partial charge < -0.3 is 14.8 Å². The molecule has 31 heavy (non-hydrogen) atoms. The Morgan fingerprint density at radius 2 is 1.68 bits per heavy atom. The van der Waals surface area contributed by atoms with E-state index in [0.717, 1.165) is 33.3 Å². The van der Waals surface area contributed by atoms with Crippen molar-refractivity contribution in [3.05, 3.63) is 83.4 Å². The first kappa shape index (κ1) is 20.4. The van der Waals surface area contributed by atoms with Crippen molar-refractivity contribution < 1.29 is 14.3 Å². The highest BCUT2D eigenvalue weighted by Gasteiger charge is 2.18. The average Bonchev–Trinajstić information content (AvgIpc) is 2.79. The zero-order valence-electron chi connectivity index (χ0n) is 18.0. The van der Waals surface area contributed by atoms with E-state index in [2.05, 4.69) is 11.4 Å². The second-order valence-electron chi connectivity index (χ2n) is 7.42. The third-order valence-corrected chi connectivity index (χ3v) is 5.22. The number of benzene rings is 3. The van der Waals surface area contributed by atoms with Crippen LogP contribution in [0.4, 0.5) is 5.69 Å². The highest BCUT2D eigenvalue weighted by atomic mass is 16.5. The number of anilines is 1. The maximum Gasteiger partial charge on any atom is 0.256 e. The van der Waals surface area contributed by atoms with Crippen molar-refractivity contribution in [2.24, 2.45) is 0 Å². The van der Waals surface area contributed by atoms with E-state index in [0.29, 0.717) is 22.7 Å². The number of hydrogen-bond donors (Lipinski definition) is 1. The molecule has 1 amide bonds. The van der Waals surface area contributed by atoms with Crippen molar-refractivity contribution in [3.8, 4) is 22.8 Å². The summed E-state index contributed by atoms with van der Waals surface area (Å²) >= 11 is 0. The summed E-state index contributed by atoms with van der Waals surface area (Å²) in [4.78, 5) is 18.3. The molecule has 3 aromatic carbocycles. The molecule has 0 saturated heterocycles. The smallest absolute Gasteiger partial charge is 0.256 e. The summed E-state index contributed by atoms with van der Waals surface area (Å²) in [6, 6.07) is 21.1. The maximum atomic E-state index is 13.5. The van der Waals surface area contributed by atoms with E-state index in [1.54, 1.807) is 32.4 Å². The van der Waals surface area contributed by atoms with Gasteiger partial charge in [0.1, 0.15) is 11.5 Å². The monoisotopic (exact) mass is 412 g/mol. The van der Waals surface area contributed by atoms with Gasteiger partial charge in [0.2, 0.25) is 0 Å². The van der Waals surface area contributed by atoms with Gasteiger partial charge in [0, 0.05) is 17.0 Å². The van der Waals surface area contributed by atoms with E-state index < -0.39 is 0 Å². The fourth-order valence-corrected chi connectivity index (χ4v) is 3.73. The van der Waals surface area contributed by atoms with Crippen LogP contribution < -0.4 is 14.8 Å². The number of hydrogen-bond acceptors (Lipinski definition) is 4. The van der Waals surface area contributed by atoms with Gasteiger partial charge in [-0.15, -0.1) is 0 Å². The van der Waals surface area contributed by atoms with Crippen LogP contribution >= 0.6 is 0 Å². The molecule has 0 unspecified atom stereocenters.